The van der Waals surface area contributed by atoms with Gasteiger partial charge in [-0.15, -0.1) is 0 Å². The molecule has 0 radical (unpaired) electrons. The van der Waals surface area contributed by atoms with Crippen molar-refractivity contribution < 1.29 is 9.90 Å². The van der Waals surface area contributed by atoms with E-state index in [1.54, 1.807) is 12.1 Å². The molecular formula is C13H20N2O2. The van der Waals surface area contributed by atoms with Crippen LogP contribution in [0.1, 0.15) is 36.8 Å². The summed E-state index contributed by atoms with van der Waals surface area (Å²) < 4.78 is 0. The molecular weight excluding hydrogens is 216 g/mol. The standard InChI is InChI=1S/C13H20N2O2/c1-9-5-6-10(7-14-9)12(17)15-8-11(16)13(2,3)4/h5-7,11,16H,8H2,1-4H3,(H,15,17). The molecule has 1 rings (SSSR count). The van der Waals surface area contributed by atoms with Crippen molar-refractivity contribution in [3.63, 3.8) is 0 Å². The number of carbonyl (C=O) groups is 1. The molecule has 0 saturated heterocycles. The summed E-state index contributed by atoms with van der Waals surface area (Å²) in [5, 5.41) is 12.5. The molecule has 0 aliphatic heterocycles. The van der Waals surface area contributed by atoms with Gasteiger partial charge in [0.25, 0.3) is 5.91 Å². The lowest BCUT2D eigenvalue weighted by molar-refractivity contribution is 0.0587. The first kappa shape index (κ1) is 13.6. The highest BCUT2D eigenvalue weighted by molar-refractivity contribution is 5.93. The molecule has 0 bridgehead atoms. The van der Waals surface area contributed by atoms with Crippen molar-refractivity contribution in [2.45, 2.75) is 33.8 Å². The SMILES string of the molecule is Cc1ccc(C(=O)NCC(O)C(C)(C)C)cn1. The van der Waals surface area contributed by atoms with Crippen LogP contribution in [0.15, 0.2) is 18.3 Å². The van der Waals surface area contributed by atoms with Crippen molar-refractivity contribution in [1.29, 1.82) is 0 Å². The van der Waals surface area contributed by atoms with Crippen molar-refractivity contribution in [2.75, 3.05) is 6.54 Å². The van der Waals surface area contributed by atoms with Gasteiger partial charge < -0.3 is 10.4 Å². The summed E-state index contributed by atoms with van der Waals surface area (Å²) in [5.74, 6) is -0.208. The van der Waals surface area contributed by atoms with Crippen molar-refractivity contribution in [2.24, 2.45) is 5.41 Å². The molecule has 1 unspecified atom stereocenters. The Labute approximate surface area is 102 Å². The third-order valence-corrected chi connectivity index (χ3v) is 2.63. The molecule has 94 valence electrons. The zero-order chi connectivity index (χ0) is 13.1. The summed E-state index contributed by atoms with van der Waals surface area (Å²) in [4.78, 5) is 15.8. The predicted molar refractivity (Wildman–Crippen MR) is 66.8 cm³/mol. The second-order valence-corrected chi connectivity index (χ2v) is 5.28. The van der Waals surface area contributed by atoms with Crippen molar-refractivity contribution in [1.82, 2.24) is 10.3 Å². The Kier molecular flexibility index (Phi) is 4.23. The molecule has 1 heterocycles. The van der Waals surface area contributed by atoms with Gasteiger partial charge in [0.05, 0.1) is 11.7 Å². The first-order chi connectivity index (χ1) is 7.80. The van der Waals surface area contributed by atoms with E-state index in [0.29, 0.717) is 5.56 Å². The summed E-state index contributed by atoms with van der Waals surface area (Å²) in [6.07, 6.45) is 0.971. The number of aliphatic hydroxyl groups is 1. The van der Waals surface area contributed by atoms with Crippen LogP contribution >= 0.6 is 0 Å². The average Bonchev–Trinajstić information content (AvgIpc) is 2.25. The summed E-state index contributed by atoms with van der Waals surface area (Å²) in [6, 6.07) is 3.51. The van der Waals surface area contributed by atoms with Crippen LogP contribution in [0.2, 0.25) is 0 Å². The Morgan fingerprint density at radius 3 is 2.59 bits per heavy atom. The molecule has 1 aromatic heterocycles. The highest BCUT2D eigenvalue weighted by Crippen LogP contribution is 2.18. The van der Waals surface area contributed by atoms with Gasteiger partial charge in [-0.2, -0.15) is 0 Å². The smallest absolute Gasteiger partial charge is 0.252 e. The van der Waals surface area contributed by atoms with Crippen LogP contribution < -0.4 is 5.32 Å². The van der Waals surface area contributed by atoms with Crippen LogP contribution in [-0.4, -0.2) is 28.6 Å². The molecule has 4 nitrogen and oxygen atoms in total. The predicted octanol–water partition coefficient (Wildman–Crippen LogP) is 1.53. The van der Waals surface area contributed by atoms with Crippen molar-refractivity contribution >= 4 is 5.91 Å². The number of hydrogen-bond acceptors (Lipinski definition) is 3. The summed E-state index contributed by atoms with van der Waals surface area (Å²) in [7, 11) is 0. The zero-order valence-corrected chi connectivity index (χ0v) is 10.8. The number of amides is 1. The van der Waals surface area contributed by atoms with E-state index in [1.807, 2.05) is 27.7 Å². The number of pyridine rings is 1. The Bertz CT molecular complexity index is 379. The normalized spacial score (nSPS) is 13.2. The van der Waals surface area contributed by atoms with Gasteiger partial charge >= 0.3 is 0 Å². The van der Waals surface area contributed by atoms with E-state index >= 15 is 0 Å². The van der Waals surface area contributed by atoms with Gasteiger partial charge in [-0.3, -0.25) is 9.78 Å². The Hall–Kier alpha value is -1.42. The molecule has 0 aromatic carbocycles. The number of aromatic nitrogens is 1. The molecule has 0 saturated carbocycles. The number of nitrogens with one attached hydrogen (secondary N) is 1. The molecule has 1 aromatic rings. The minimum atomic E-state index is -0.565. The van der Waals surface area contributed by atoms with Crippen molar-refractivity contribution in [3.05, 3.63) is 29.6 Å². The van der Waals surface area contributed by atoms with E-state index in [4.69, 9.17) is 0 Å². The Morgan fingerprint density at radius 1 is 1.47 bits per heavy atom. The van der Waals surface area contributed by atoms with Crippen LogP contribution in [0.25, 0.3) is 0 Å². The lowest BCUT2D eigenvalue weighted by atomic mass is 9.89. The zero-order valence-electron chi connectivity index (χ0n) is 10.8. The summed E-state index contributed by atoms with van der Waals surface area (Å²) in [6.45, 7) is 7.90. The number of rotatable bonds is 3. The fourth-order valence-corrected chi connectivity index (χ4v) is 1.20. The topological polar surface area (TPSA) is 62.2 Å². The van der Waals surface area contributed by atoms with E-state index in [1.165, 1.54) is 6.20 Å². The number of carbonyl (C=O) groups excluding carboxylic acids is 1. The first-order valence-corrected chi connectivity index (χ1v) is 5.69. The molecule has 0 spiro atoms. The molecule has 0 aliphatic carbocycles. The van der Waals surface area contributed by atoms with Crippen LogP contribution in [0.5, 0.6) is 0 Å². The summed E-state index contributed by atoms with van der Waals surface area (Å²) >= 11 is 0. The van der Waals surface area contributed by atoms with E-state index in [9.17, 15) is 9.90 Å². The minimum absolute atomic E-state index is 0.208. The van der Waals surface area contributed by atoms with Gasteiger partial charge in [0.2, 0.25) is 0 Å². The minimum Gasteiger partial charge on any atom is -0.391 e. The second kappa shape index (κ2) is 5.27. The van der Waals surface area contributed by atoms with E-state index in [-0.39, 0.29) is 17.9 Å². The molecule has 4 heteroatoms. The maximum atomic E-state index is 11.7. The van der Waals surface area contributed by atoms with Gasteiger partial charge in [0.1, 0.15) is 0 Å². The number of hydrogen-bond donors (Lipinski definition) is 2. The third-order valence-electron chi connectivity index (χ3n) is 2.63. The van der Waals surface area contributed by atoms with Gasteiger partial charge in [0, 0.05) is 18.4 Å². The number of aryl methyl sites for hydroxylation is 1. The Balaban J connectivity index is 2.53. The molecule has 1 amide bonds. The van der Waals surface area contributed by atoms with Crippen LogP contribution in [-0.2, 0) is 0 Å². The monoisotopic (exact) mass is 236 g/mol. The molecule has 17 heavy (non-hydrogen) atoms. The van der Waals surface area contributed by atoms with Gasteiger partial charge in [0.15, 0.2) is 0 Å². The van der Waals surface area contributed by atoms with Crippen LogP contribution in [0.3, 0.4) is 0 Å². The molecule has 0 aliphatic rings. The number of aliphatic hydroxyl groups excluding tert-OH is 1. The van der Waals surface area contributed by atoms with Gasteiger partial charge in [-0.05, 0) is 24.5 Å². The number of nitrogens with zero attached hydrogens (tertiary/aromatic N) is 1. The molecule has 1 atom stereocenters. The first-order valence-electron chi connectivity index (χ1n) is 5.69. The third kappa shape index (κ3) is 4.15. The van der Waals surface area contributed by atoms with E-state index in [2.05, 4.69) is 10.3 Å². The average molecular weight is 236 g/mol. The largest absolute Gasteiger partial charge is 0.391 e. The van der Waals surface area contributed by atoms with Gasteiger partial charge in [-0.25, -0.2) is 0 Å². The summed E-state index contributed by atoms with van der Waals surface area (Å²) in [5.41, 5.74) is 1.15. The quantitative estimate of drug-likeness (QED) is 0.836. The maximum Gasteiger partial charge on any atom is 0.252 e. The van der Waals surface area contributed by atoms with Crippen molar-refractivity contribution in [3.8, 4) is 0 Å². The van der Waals surface area contributed by atoms with Crippen LogP contribution in [0, 0.1) is 12.3 Å². The Morgan fingerprint density at radius 2 is 2.12 bits per heavy atom. The van der Waals surface area contributed by atoms with E-state index in [0.717, 1.165) is 5.69 Å². The molecule has 0 fully saturated rings. The highest BCUT2D eigenvalue weighted by Gasteiger charge is 2.22. The maximum absolute atomic E-state index is 11.7. The highest BCUT2D eigenvalue weighted by atomic mass is 16.3. The van der Waals surface area contributed by atoms with Crippen LogP contribution in [0.4, 0.5) is 0 Å². The second-order valence-electron chi connectivity index (χ2n) is 5.28. The lowest BCUT2D eigenvalue weighted by Gasteiger charge is -2.25. The van der Waals surface area contributed by atoms with E-state index < -0.39 is 6.10 Å². The lowest BCUT2D eigenvalue weighted by Crippen LogP contribution is -2.39. The van der Waals surface area contributed by atoms with Gasteiger partial charge in [-0.1, -0.05) is 20.8 Å². The molecule has 2 N–H and O–H groups in total. The fraction of sp³-hybridized carbons (Fsp3) is 0.538. The fourth-order valence-electron chi connectivity index (χ4n) is 1.20.